The molecule has 1 aromatic rings. The summed E-state index contributed by atoms with van der Waals surface area (Å²) in [5, 5.41) is 3.86. The smallest absolute Gasteiger partial charge is 0.0991 e. The van der Waals surface area contributed by atoms with Crippen LogP contribution in [0.5, 0.6) is 0 Å². The molecule has 1 heterocycles. The van der Waals surface area contributed by atoms with Crippen LogP contribution >= 0.6 is 34.5 Å². The third-order valence-corrected chi connectivity index (χ3v) is 7.56. The van der Waals surface area contributed by atoms with E-state index in [0.717, 1.165) is 32.3 Å². The summed E-state index contributed by atoms with van der Waals surface area (Å²) in [5.74, 6) is 3.99. The summed E-state index contributed by atoms with van der Waals surface area (Å²) in [7, 11) is 0. The minimum atomic E-state index is 0.315. The van der Waals surface area contributed by atoms with Crippen molar-refractivity contribution >= 4 is 34.5 Å². The lowest BCUT2D eigenvalue weighted by atomic mass is 9.79. The highest BCUT2D eigenvalue weighted by Gasteiger charge is 2.53. The second kappa shape index (κ2) is 5.15. The van der Waals surface area contributed by atoms with Crippen molar-refractivity contribution in [2.75, 3.05) is 0 Å². The first-order chi connectivity index (χ1) is 9.63. The van der Waals surface area contributed by atoms with Gasteiger partial charge in [0.25, 0.3) is 0 Å². The van der Waals surface area contributed by atoms with Gasteiger partial charge in [0.2, 0.25) is 0 Å². The van der Waals surface area contributed by atoms with Gasteiger partial charge in [-0.25, -0.2) is 0 Å². The van der Waals surface area contributed by atoms with E-state index >= 15 is 0 Å². The largest absolute Gasteiger partial charge is 0.307 e. The average Bonchev–Trinajstić information content (AvgIpc) is 3.09. The molecular formula is C16H21Cl2NS. The van der Waals surface area contributed by atoms with Gasteiger partial charge in [-0.2, -0.15) is 0 Å². The quantitative estimate of drug-likeness (QED) is 0.768. The summed E-state index contributed by atoms with van der Waals surface area (Å²) in [4.78, 5) is 0. The molecule has 3 aliphatic carbocycles. The molecule has 3 aliphatic rings. The molecule has 1 aromatic heterocycles. The van der Waals surface area contributed by atoms with Crippen LogP contribution < -0.4 is 5.32 Å². The molecule has 1 unspecified atom stereocenters. The summed E-state index contributed by atoms with van der Waals surface area (Å²) in [6.45, 7) is 2.22. The number of thiophene rings is 1. The Morgan fingerprint density at radius 2 is 2.00 bits per heavy atom. The van der Waals surface area contributed by atoms with Gasteiger partial charge in [0, 0.05) is 12.1 Å². The first-order valence-corrected chi connectivity index (χ1v) is 9.41. The molecule has 0 aliphatic heterocycles. The highest BCUT2D eigenvalue weighted by molar-refractivity contribution is 7.20. The minimum absolute atomic E-state index is 0.315. The Kier molecular flexibility index (Phi) is 3.58. The number of rotatable bonds is 3. The predicted molar refractivity (Wildman–Crippen MR) is 86.7 cm³/mol. The lowest BCUT2D eigenvalue weighted by Gasteiger charge is -2.34. The number of hydrogen-bond acceptors (Lipinski definition) is 2. The number of nitrogens with one attached hydrogen (secondary N) is 1. The Labute approximate surface area is 135 Å². The van der Waals surface area contributed by atoms with Crippen LogP contribution in [0, 0.1) is 23.7 Å². The van der Waals surface area contributed by atoms with Crippen molar-refractivity contribution in [1.82, 2.24) is 5.32 Å². The van der Waals surface area contributed by atoms with Crippen LogP contribution in [0.4, 0.5) is 0 Å². The van der Waals surface area contributed by atoms with Crippen molar-refractivity contribution in [3.8, 4) is 0 Å². The molecule has 4 rings (SSSR count). The molecule has 1 nitrogen and oxygen atoms in total. The van der Waals surface area contributed by atoms with E-state index in [-0.39, 0.29) is 0 Å². The zero-order valence-electron chi connectivity index (χ0n) is 11.7. The molecule has 1 N–H and O–H groups in total. The fourth-order valence-corrected chi connectivity index (χ4v) is 6.96. The van der Waals surface area contributed by atoms with E-state index in [4.69, 9.17) is 23.2 Å². The van der Waals surface area contributed by atoms with Crippen molar-refractivity contribution in [2.24, 2.45) is 23.7 Å². The van der Waals surface area contributed by atoms with Gasteiger partial charge in [0.15, 0.2) is 0 Å². The van der Waals surface area contributed by atoms with Crippen molar-refractivity contribution in [3.63, 3.8) is 0 Å². The van der Waals surface area contributed by atoms with Crippen molar-refractivity contribution in [2.45, 2.75) is 51.1 Å². The molecule has 4 heteroatoms. The molecule has 0 saturated heterocycles. The van der Waals surface area contributed by atoms with Gasteiger partial charge < -0.3 is 5.32 Å². The summed E-state index contributed by atoms with van der Waals surface area (Å²) in [6, 6.07) is 3.04. The lowest BCUT2D eigenvalue weighted by Crippen LogP contribution is -2.40. The zero-order chi connectivity index (χ0) is 13.9. The highest BCUT2D eigenvalue weighted by atomic mass is 35.5. The fraction of sp³-hybridized carbons (Fsp3) is 0.750. The van der Waals surface area contributed by atoms with Crippen LogP contribution in [0.1, 0.15) is 50.6 Å². The summed E-state index contributed by atoms with van der Waals surface area (Å²) < 4.78 is 1.64. The monoisotopic (exact) mass is 329 g/mol. The van der Waals surface area contributed by atoms with Gasteiger partial charge in [0.1, 0.15) is 0 Å². The molecule has 110 valence electrons. The van der Waals surface area contributed by atoms with E-state index in [1.807, 2.05) is 6.07 Å². The summed E-state index contributed by atoms with van der Waals surface area (Å²) >= 11 is 13.8. The number of halogens is 2. The van der Waals surface area contributed by atoms with Gasteiger partial charge in [-0.3, -0.25) is 0 Å². The second-order valence-electron chi connectivity index (χ2n) is 6.93. The standard InChI is InChI=1S/C16H21Cl2NS/c1-8(12-7-15(17)20-16(12)18)19-14-6-9-5-13(14)11-4-2-3-10(9)11/h7-11,13-14,19H,2-6H2,1H3/t8?,9-,10+,11+,13-,14+/m0/s1. The van der Waals surface area contributed by atoms with Crippen LogP contribution in [0.2, 0.25) is 8.67 Å². The first kappa shape index (κ1) is 13.9. The summed E-state index contributed by atoms with van der Waals surface area (Å²) in [5.41, 5.74) is 1.17. The molecule has 0 spiro atoms. The maximum absolute atomic E-state index is 6.29. The molecular weight excluding hydrogens is 309 g/mol. The van der Waals surface area contributed by atoms with Crippen molar-refractivity contribution in [3.05, 3.63) is 20.3 Å². The van der Waals surface area contributed by atoms with E-state index in [9.17, 15) is 0 Å². The molecule has 0 aromatic carbocycles. The second-order valence-corrected chi connectivity index (χ2v) is 9.21. The van der Waals surface area contributed by atoms with E-state index in [1.165, 1.54) is 49.0 Å². The Morgan fingerprint density at radius 3 is 2.75 bits per heavy atom. The van der Waals surface area contributed by atoms with Gasteiger partial charge in [-0.15, -0.1) is 11.3 Å². The van der Waals surface area contributed by atoms with Crippen molar-refractivity contribution < 1.29 is 0 Å². The van der Waals surface area contributed by atoms with Gasteiger partial charge >= 0.3 is 0 Å². The van der Waals surface area contributed by atoms with Crippen LogP contribution in [0.3, 0.4) is 0 Å². The van der Waals surface area contributed by atoms with Crippen LogP contribution in [-0.2, 0) is 0 Å². The van der Waals surface area contributed by atoms with E-state index in [0.29, 0.717) is 12.1 Å². The maximum Gasteiger partial charge on any atom is 0.0991 e. The topological polar surface area (TPSA) is 12.0 Å². The van der Waals surface area contributed by atoms with E-state index in [2.05, 4.69) is 12.2 Å². The van der Waals surface area contributed by atoms with Crippen LogP contribution in [-0.4, -0.2) is 6.04 Å². The molecule has 0 amide bonds. The zero-order valence-corrected chi connectivity index (χ0v) is 14.1. The third kappa shape index (κ3) is 2.15. The number of fused-ring (bicyclic) bond motifs is 5. The normalized spacial score (nSPS) is 40.2. The first-order valence-electron chi connectivity index (χ1n) is 7.84. The highest BCUT2D eigenvalue weighted by Crippen LogP contribution is 2.59. The predicted octanol–water partition coefficient (Wildman–Crippen LogP) is 5.53. The molecule has 6 atom stereocenters. The van der Waals surface area contributed by atoms with E-state index in [1.54, 1.807) is 0 Å². The molecule has 3 fully saturated rings. The Bertz CT molecular complexity index is 515. The average molecular weight is 330 g/mol. The van der Waals surface area contributed by atoms with Crippen LogP contribution in [0.15, 0.2) is 6.07 Å². The minimum Gasteiger partial charge on any atom is -0.307 e. The van der Waals surface area contributed by atoms with E-state index < -0.39 is 0 Å². The van der Waals surface area contributed by atoms with Crippen molar-refractivity contribution in [1.29, 1.82) is 0 Å². The van der Waals surface area contributed by atoms with Gasteiger partial charge in [-0.1, -0.05) is 29.6 Å². The lowest BCUT2D eigenvalue weighted by molar-refractivity contribution is 0.200. The van der Waals surface area contributed by atoms with Gasteiger partial charge in [-0.05, 0) is 67.9 Å². The number of hydrogen-bond donors (Lipinski definition) is 1. The maximum atomic E-state index is 6.29. The molecule has 0 radical (unpaired) electrons. The SMILES string of the molecule is CC(N[C@@H]1C[C@@H]2C[C@H]1[C@@H]1CCC[C@H]21)c1cc(Cl)sc1Cl. The molecule has 20 heavy (non-hydrogen) atoms. The summed E-state index contributed by atoms with van der Waals surface area (Å²) in [6.07, 6.45) is 7.30. The Balaban J connectivity index is 1.46. The Morgan fingerprint density at radius 1 is 1.20 bits per heavy atom. The van der Waals surface area contributed by atoms with Crippen LogP contribution in [0.25, 0.3) is 0 Å². The Hall–Kier alpha value is 0.240. The third-order valence-electron chi connectivity index (χ3n) is 6.04. The molecule has 2 bridgehead atoms. The molecule has 3 saturated carbocycles. The fourth-order valence-electron chi connectivity index (χ4n) is 5.32. The van der Waals surface area contributed by atoms with Gasteiger partial charge in [0.05, 0.1) is 8.67 Å².